The summed E-state index contributed by atoms with van der Waals surface area (Å²) in [6.07, 6.45) is -0.765. The average Bonchev–Trinajstić information content (AvgIpc) is 2.97. The first-order valence-corrected chi connectivity index (χ1v) is 6.80. The molecule has 0 spiro atoms. The molecule has 2 aromatic rings. The molecule has 110 valence electrons. The monoisotopic (exact) mass is 288 g/mol. The van der Waals surface area contributed by atoms with Crippen LogP contribution in [0.3, 0.4) is 0 Å². The second-order valence-electron chi connectivity index (χ2n) is 4.98. The van der Waals surface area contributed by atoms with Crippen molar-refractivity contribution in [3.05, 3.63) is 42.1 Å². The van der Waals surface area contributed by atoms with E-state index in [9.17, 15) is 4.79 Å². The van der Waals surface area contributed by atoms with Gasteiger partial charge in [0.15, 0.2) is 11.9 Å². The highest BCUT2D eigenvalue weighted by atomic mass is 16.5. The third kappa shape index (κ3) is 3.29. The van der Waals surface area contributed by atoms with Crippen molar-refractivity contribution in [1.29, 1.82) is 0 Å². The van der Waals surface area contributed by atoms with Crippen LogP contribution in [-0.4, -0.2) is 46.9 Å². The van der Waals surface area contributed by atoms with E-state index < -0.39 is 12.1 Å². The number of hydrogen-bond donors (Lipinski definition) is 1. The Bertz CT molecular complexity index is 611. The van der Waals surface area contributed by atoms with Crippen molar-refractivity contribution in [3.8, 4) is 11.3 Å². The van der Waals surface area contributed by atoms with Gasteiger partial charge in [0, 0.05) is 31.3 Å². The maximum Gasteiger partial charge on any atom is 0.334 e. The number of rotatable bonds is 4. The second-order valence-corrected chi connectivity index (χ2v) is 4.98. The van der Waals surface area contributed by atoms with Crippen LogP contribution in [0, 0.1) is 0 Å². The Morgan fingerprint density at radius 2 is 2.19 bits per heavy atom. The molecule has 1 aromatic heterocycles. The lowest BCUT2D eigenvalue weighted by atomic mass is 10.1. The molecular formula is C15H16N2O4. The normalized spacial score (nSPS) is 19.5. The quantitative estimate of drug-likeness (QED) is 0.921. The van der Waals surface area contributed by atoms with E-state index in [4.69, 9.17) is 14.4 Å². The molecule has 6 nitrogen and oxygen atoms in total. The van der Waals surface area contributed by atoms with Crippen molar-refractivity contribution in [2.75, 3.05) is 19.7 Å². The second kappa shape index (κ2) is 6.07. The number of ether oxygens (including phenoxy) is 1. The average molecular weight is 288 g/mol. The summed E-state index contributed by atoms with van der Waals surface area (Å²) in [4.78, 5) is 13.0. The Morgan fingerprint density at radius 3 is 2.95 bits per heavy atom. The smallest absolute Gasteiger partial charge is 0.334 e. The van der Waals surface area contributed by atoms with Gasteiger partial charge in [0.05, 0.1) is 12.3 Å². The van der Waals surface area contributed by atoms with Crippen LogP contribution in [0.15, 0.2) is 40.9 Å². The van der Waals surface area contributed by atoms with Crippen LogP contribution in [0.1, 0.15) is 5.69 Å². The first kappa shape index (κ1) is 13.8. The number of carboxylic acid groups (broad SMARTS) is 1. The molecule has 21 heavy (non-hydrogen) atoms. The van der Waals surface area contributed by atoms with Crippen LogP contribution in [0.4, 0.5) is 0 Å². The summed E-state index contributed by atoms with van der Waals surface area (Å²) < 4.78 is 10.5. The molecule has 0 saturated carbocycles. The SMILES string of the molecule is O=C(O)C1CN(Cc2cc(-c3ccccc3)on2)CCO1. The van der Waals surface area contributed by atoms with E-state index in [1.54, 1.807) is 0 Å². The Kier molecular flexibility index (Phi) is 3.98. The lowest BCUT2D eigenvalue weighted by Gasteiger charge is -2.29. The lowest BCUT2D eigenvalue weighted by Crippen LogP contribution is -2.45. The highest BCUT2D eigenvalue weighted by Gasteiger charge is 2.26. The van der Waals surface area contributed by atoms with Gasteiger partial charge in [0.1, 0.15) is 0 Å². The minimum atomic E-state index is -0.926. The number of carboxylic acids is 1. The van der Waals surface area contributed by atoms with Crippen molar-refractivity contribution >= 4 is 5.97 Å². The highest BCUT2D eigenvalue weighted by Crippen LogP contribution is 2.20. The van der Waals surface area contributed by atoms with Crippen LogP contribution in [0.25, 0.3) is 11.3 Å². The van der Waals surface area contributed by atoms with Crippen molar-refractivity contribution in [3.63, 3.8) is 0 Å². The number of hydrogen-bond acceptors (Lipinski definition) is 5. The number of aromatic nitrogens is 1. The van der Waals surface area contributed by atoms with E-state index in [1.165, 1.54) is 0 Å². The molecule has 0 bridgehead atoms. The minimum absolute atomic E-state index is 0.364. The van der Waals surface area contributed by atoms with Crippen LogP contribution in [0.2, 0.25) is 0 Å². The van der Waals surface area contributed by atoms with E-state index in [-0.39, 0.29) is 0 Å². The predicted octanol–water partition coefficient (Wildman–Crippen LogP) is 1.63. The highest BCUT2D eigenvalue weighted by molar-refractivity contribution is 5.72. The van der Waals surface area contributed by atoms with Crippen molar-refractivity contribution in [2.24, 2.45) is 0 Å². The zero-order valence-electron chi connectivity index (χ0n) is 11.4. The lowest BCUT2D eigenvalue weighted by molar-refractivity contribution is -0.156. The molecule has 0 aliphatic carbocycles. The van der Waals surface area contributed by atoms with Gasteiger partial charge >= 0.3 is 5.97 Å². The summed E-state index contributed by atoms with van der Waals surface area (Å²) in [7, 11) is 0. The van der Waals surface area contributed by atoms with Crippen LogP contribution >= 0.6 is 0 Å². The summed E-state index contributed by atoms with van der Waals surface area (Å²) in [5.74, 6) is -0.210. The van der Waals surface area contributed by atoms with Gasteiger partial charge in [-0.1, -0.05) is 35.5 Å². The zero-order valence-corrected chi connectivity index (χ0v) is 11.4. The molecule has 0 amide bonds. The largest absolute Gasteiger partial charge is 0.479 e. The molecule has 6 heteroatoms. The van der Waals surface area contributed by atoms with Gasteiger partial charge in [-0.25, -0.2) is 4.79 Å². The Morgan fingerprint density at radius 1 is 1.38 bits per heavy atom. The third-order valence-electron chi connectivity index (χ3n) is 3.43. The molecule has 2 heterocycles. The number of morpholine rings is 1. The summed E-state index contributed by atoms with van der Waals surface area (Å²) in [5, 5.41) is 13.0. The van der Waals surface area contributed by atoms with E-state index >= 15 is 0 Å². The molecule has 1 atom stereocenters. The van der Waals surface area contributed by atoms with Crippen LogP contribution in [0.5, 0.6) is 0 Å². The Balaban J connectivity index is 1.66. The fraction of sp³-hybridized carbons (Fsp3) is 0.333. The topological polar surface area (TPSA) is 75.8 Å². The minimum Gasteiger partial charge on any atom is -0.479 e. The van der Waals surface area contributed by atoms with E-state index in [1.807, 2.05) is 41.3 Å². The third-order valence-corrected chi connectivity index (χ3v) is 3.43. The fourth-order valence-electron chi connectivity index (χ4n) is 2.35. The number of benzene rings is 1. The zero-order chi connectivity index (χ0) is 14.7. The van der Waals surface area contributed by atoms with Crippen LogP contribution in [-0.2, 0) is 16.1 Å². The summed E-state index contributed by atoms with van der Waals surface area (Å²) >= 11 is 0. The first-order valence-electron chi connectivity index (χ1n) is 6.80. The van der Waals surface area contributed by atoms with E-state index in [2.05, 4.69) is 5.16 Å². The molecule has 1 aliphatic rings. The Labute approximate surface area is 121 Å². The van der Waals surface area contributed by atoms with E-state index in [0.717, 1.165) is 11.3 Å². The van der Waals surface area contributed by atoms with Gasteiger partial charge in [-0.05, 0) is 0 Å². The first-order chi connectivity index (χ1) is 10.2. The summed E-state index contributed by atoms with van der Waals surface area (Å²) in [6, 6.07) is 11.6. The number of aliphatic carboxylic acids is 1. The van der Waals surface area contributed by atoms with Crippen molar-refractivity contribution in [1.82, 2.24) is 10.1 Å². The van der Waals surface area contributed by atoms with Crippen molar-refractivity contribution in [2.45, 2.75) is 12.6 Å². The molecule has 1 unspecified atom stereocenters. The van der Waals surface area contributed by atoms with Gasteiger partial charge in [0.2, 0.25) is 0 Å². The van der Waals surface area contributed by atoms with Gasteiger partial charge < -0.3 is 14.4 Å². The number of carbonyl (C=O) groups is 1. The van der Waals surface area contributed by atoms with Crippen molar-refractivity contribution < 1.29 is 19.2 Å². The molecule has 0 radical (unpaired) electrons. The molecule has 1 N–H and O–H groups in total. The molecule has 1 aromatic carbocycles. The molecular weight excluding hydrogens is 272 g/mol. The van der Waals surface area contributed by atoms with E-state index in [0.29, 0.717) is 32.0 Å². The standard InChI is InChI=1S/C15H16N2O4/c18-15(19)14-10-17(6-7-20-14)9-12-8-13(21-16-12)11-4-2-1-3-5-11/h1-5,8,14H,6-7,9-10H2,(H,18,19). The van der Waals surface area contributed by atoms with Crippen LogP contribution < -0.4 is 0 Å². The summed E-state index contributed by atoms with van der Waals surface area (Å²) in [5.41, 5.74) is 1.77. The van der Waals surface area contributed by atoms with Gasteiger partial charge in [-0.15, -0.1) is 0 Å². The van der Waals surface area contributed by atoms with Gasteiger partial charge in [-0.3, -0.25) is 4.90 Å². The predicted molar refractivity (Wildman–Crippen MR) is 74.6 cm³/mol. The maximum absolute atomic E-state index is 11.0. The molecule has 3 rings (SSSR count). The molecule has 1 saturated heterocycles. The number of nitrogens with zero attached hydrogens (tertiary/aromatic N) is 2. The summed E-state index contributed by atoms with van der Waals surface area (Å²) in [6.45, 7) is 2.03. The molecule has 1 aliphatic heterocycles. The van der Waals surface area contributed by atoms with Gasteiger partial charge in [0.25, 0.3) is 0 Å². The maximum atomic E-state index is 11.0. The Hall–Kier alpha value is -2.18. The molecule has 1 fully saturated rings. The fourth-order valence-corrected chi connectivity index (χ4v) is 2.35. The van der Waals surface area contributed by atoms with Gasteiger partial charge in [-0.2, -0.15) is 0 Å².